The first-order valence-electron chi connectivity index (χ1n) is 5.77. The van der Waals surface area contributed by atoms with Gasteiger partial charge in [-0.15, -0.1) is 0 Å². The zero-order chi connectivity index (χ0) is 12.4. The van der Waals surface area contributed by atoms with Crippen LogP contribution in [0.4, 0.5) is 4.39 Å². The van der Waals surface area contributed by atoms with Crippen molar-refractivity contribution in [2.75, 3.05) is 13.6 Å². The lowest BCUT2D eigenvalue weighted by molar-refractivity contribution is 0.0641. The molecule has 1 N–H and O–H groups in total. The molecule has 1 aromatic carbocycles. The van der Waals surface area contributed by atoms with Crippen molar-refractivity contribution in [1.29, 1.82) is 0 Å². The molecule has 2 rings (SSSR count). The molecule has 0 aliphatic heterocycles. The van der Waals surface area contributed by atoms with E-state index in [9.17, 15) is 14.3 Å². The van der Waals surface area contributed by atoms with Crippen LogP contribution in [0.15, 0.2) is 24.3 Å². The number of carbonyl (C=O) groups excluding carboxylic acids is 1. The Balaban J connectivity index is 2.01. The van der Waals surface area contributed by atoms with Crippen LogP contribution in [0.1, 0.15) is 23.2 Å². The van der Waals surface area contributed by atoms with Crippen LogP contribution in [0.5, 0.6) is 0 Å². The van der Waals surface area contributed by atoms with Crippen LogP contribution in [0.25, 0.3) is 0 Å². The van der Waals surface area contributed by atoms with Gasteiger partial charge in [-0.3, -0.25) is 4.79 Å². The molecule has 3 nitrogen and oxygen atoms in total. The van der Waals surface area contributed by atoms with E-state index in [0.29, 0.717) is 5.92 Å². The molecule has 0 saturated heterocycles. The largest absolute Gasteiger partial charge is 0.391 e. The SMILES string of the molecule is CN(CC(O)C1CC1)C(=O)c1ccccc1F. The Hall–Kier alpha value is -1.42. The number of amides is 1. The first kappa shape index (κ1) is 12.0. The zero-order valence-electron chi connectivity index (χ0n) is 9.77. The van der Waals surface area contributed by atoms with Crippen molar-refractivity contribution in [2.45, 2.75) is 18.9 Å². The molecule has 0 aromatic heterocycles. The summed E-state index contributed by atoms with van der Waals surface area (Å²) in [6.45, 7) is 0.262. The second kappa shape index (κ2) is 4.84. The first-order valence-corrected chi connectivity index (χ1v) is 5.77. The summed E-state index contributed by atoms with van der Waals surface area (Å²) in [5.74, 6) is -0.598. The van der Waals surface area contributed by atoms with Crippen molar-refractivity contribution < 1.29 is 14.3 Å². The van der Waals surface area contributed by atoms with Crippen LogP contribution in [0.2, 0.25) is 0 Å². The molecule has 0 heterocycles. The van der Waals surface area contributed by atoms with Crippen molar-refractivity contribution in [2.24, 2.45) is 5.92 Å². The zero-order valence-corrected chi connectivity index (χ0v) is 9.77. The predicted octanol–water partition coefficient (Wildman–Crippen LogP) is 1.67. The second-order valence-corrected chi connectivity index (χ2v) is 4.57. The van der Waals surface area contributed by atoms with Crippen molar-refractivity contribution >= 4 is 5.91 Å². The smallest absolute Gasteiger partial charge is 0.256 e. The molecule has 1 unspecified atom stereocenters. The summed E-state index contributed by atoms with van der Waals surface area (Å²) in [6.07, 6.45) is 1.54. The number of hydrogen-bond donors (Lipinski definition) is 1. The molecule has 1 aromatic rings. The van der Waals surface area contributed by atoms with Gasteiger partial charge in [0.15, 0.2) is 0 Å². The van der Waals surface area contributed by atoms with Gasteiger partial charge in [-0.05, 0) is 30.9 Å². The molecule has 1 amide bonds. The fourth-order valence-corrected chi connectivity index (χ4v) is 1.83. The highest BCUT2D eigenvalue weighted by Gasteiger charge is 2.31. The van der Waals surface area contributed by atoms with E-state index in [4.69, 9.17) is 0 Å². The van der Waals surface area contributed by atoms with Gasteiger partial charge < -0.3 is 10.0 Å². The average Bonchev–Trinajstić information content (AvgIpc) is 3.12. The van der Waals surface area contributed by atoms with Gasteiger partial charge in [-0.2, -0.15) is 0 Å². The lowest BCUT2D eigenvalue weighted by Gasteiger charge is -2.20. The third kappa shape index (κ3) is 2.82. The van der Waals surface area contributed by atoms with Gasteiger partial charge in [0.2, 0.25) is 0 Å². The number of hydrogen-bond acceptors (Lipinski definition) is 2. The van der Waals surface area contributed by atoms with Gasteiger partial charge in [0.05, 0.1) is 11.7 Å². The number of benzene rings is 1. The third-order valence-electron chi connectivity index (χ3n) is 3.08. The number of nitrogens with zero attached hydrogens (tertiary/aromatic N) is 1. The summed E-state index contributed by atoms with van der Waals surface area (Å²) in [5.41, 5.74) is 0.0537. The topological polar surface area (TPSA) is 40.5 Å². The summed E-state index contributed by atoms with van der Waals surface area (Å²) in [4.78, 5) is 13.3. The van der Waals surface area contributed by atoms with Gasteiger partial charge in [0, 0.05) is 13.6 Å². The maximum Gasteiger partial charge on any atom is 0.256 e. The summed E-state index contributed by atoms with van der Waals surface area (Å²) in [7, 11) is 1.58. The number of aliphatic hydroxyl groups excluding tert-OH is 1. The number of halogens is 1. The lowest BCUT2D eigenvalue weighted by Crippen LogP contribution is -2.35. The molecular formula is C13H16FNO2. The summed E-state index contributed by atoms with van der Waals surface area (Å²) in [5, 5.41) is 9.74. The summed E-state index contributed by atoms with van der Waals surface area (Å²) < 4.78 is 13.4. The van der Waals surface area contributed by atoms with Crippen molar-refractivity contribution in [1.82, 2.24) is 4.90 Å². The molecule has 0 bridgehead atoms. The fourth-order valence-electron chi connectivity index (χ4n) is 1.83. The van der Waals surface area contributed by atoms with E-state index in [1.54, 1.807) is 19.2 Å². The molecule has 1 atom stereocenters. The third-order valence-corrected chi connectivity index (χ3v) is 3.08. The van der Waals surface area contributed by atoms with Crippen LogP contribution in [-0.2, 0) is 0 Å². The van der Waals surface area contributed by atoms with Crippen LogP contribution >= 0.6 is 0 Å². The van der Waals surface area contributed by atoms with Crippen molar-refractivity contribution in [3.8, 4) is 0 Å². The minimum absolute atomic E-state index is 0.0537. The van der Waals surface area contributed by atoms with Gasteiger partial charge in [-0.1, -0.05) is 12.1 Å². The lowest BCUT2D eigenvalue weighted by atomic mass is 10.1. The molecule has 17 heavy (non-hydrogen) atoms. The van der Waals surface area contributed by atoms with Crippen LogP contribution < -0.4 is 0 Å². The minimum Gasteiger partial charge on any atom is -0.391 e. The van der Waals surface area contributed by atoms with Crippen LogP contribution in [0, 0.1) is 11.7 Å². The average molecular weight is 237 g/mol. The molecule has 0 radical (unpaired) electrons. The van der Waals surface area contributed by atoms with E-state index >= 15 is 0 Å². The normalized spacial score (nSPS) is 16.6. The fraction of sp³-hybridized carbons (Fsp3) is 0.462. The maximum atomic E-state index is 13.4. The van der Waals surface area contributed by atoms with Gasteiger partial charge in [-0.25, -0.2) is 4.39 Å². The second-order valence-electron chi connectivity index (χ2n) is 4.57. The highest BCUT2D eigenvalue weighted by Crippen LogP contribution is 2.32. The van der Waals surface area contributed by atoms with Crippen LogP contribution in [0.3, 0.4) is 0 Å². The Kier molecular flexibility index (Phi) is 3.43. The van der Waals surface area contributed by atoms with E-state index in [1.807, 2.05) is 0 Å². The Morgan fingerprint density at radius 1 is 1.53 bits per heavy atom. The van der Waals surface area contributed by atoms with E-state index in [0.717, 1.165) is 12.8 Å². The molecule has 4 heteroatoms. The van der Waals surface area contributed by atoms with E-state index in [-0.39, 0.29) is 18.0 Å². The monoisotopic (exact) mass is 237 g/mol. The van der Waals surface area contributed by atoms with Gasteiger partial charge in [0.1, 0.15) is 5.82 Å². The van der Waals surface area contributed by atoms with Gasteiger partial charge >= 0.3 is 0 Å². The summed E-state index contributed by atoms with van der Waals surface area (Å²) >= 11 is 0. The highest BCUT2D eigenvalue weighted by atomic mass is 19.1. The van der Waals surface area contributed by atoms with Crippen molar-refractivity contribution in [3.63, 3.8) is 0 Å². The Morgan fingerprint density at radius 3 is 2.76 bits per heavy atom. The Labute approximate surface area is 99.9 Å². The standard InChI is InChI=1S/C13H16FNO2/c1-15(8-12(16)9-6-7-9)13(17)10-4-2-3-5-11(10)14/h2-5,9,12,16H,6-8H2,1H3. The van der Waals surface area contributed by atoms with E-state index < -0.39 is 11.9 Å². The summed E-state index contributed by atoms with van der Waals surface area (Å²) in [6, 6.07) is 5.89. The van der Waals surface area contributed by atoms with Gasteiger partial charge in [0.25, 0.3) is 5.91 Å². The Morgan fingerprint density at radius 2 is 2.18 bits per heavy atom. The number of likely N-dealkylation sites (N-methyl/N-ethyl adjacent to an activating group) is 1. The number of carbonyl (C=O) groups is 1. The predicted molar refractivity (Wildman–Crippen MR) is 62.1 cm³/mol. The molecular weight excluding hydrogens is 221 g/mol. The Bertz CT molecular complexity index is 418. The first-order chi connectivity index (χ1) is 8.09. The number of aliphatic hydroxyl groups is 1. The molecule has 1 fully saturated rings. The molecule has 0 spiro atoms. The quantitative estimate of drug-likeness (QED) is 0.865. The number of rotatable bonds is 4. The van der Waals surface area contributed by atoms with E-state index in [2.05, 4.69) is 0 Å². The van der Waals surface area contributed by atoms with Crippen molar-refractivity contribution in [3.05, 3.63) is 35.6 Å². The molecule has 1 saturated carbocycles. The highest BCUT2D eigenvalue weighted by molar-refractivity contribution is 5.94. The molecule has 1 aliphatic rings. The van der Waals surface area contributed by atoms with E-state index in [1.165, 1.54) is 17.0 Å². The molecule has 92 valence electrons. The minimum atomic E-state index is -0.523. The molecule has 1 aliphatic carbocycles. The van der Waals surface area contributed by atoms with Crippen LogP contribution in [-0.4, -0.2) is 35.6 Å². The maximum absolute atomic E-state index is 13.4.